The molecule has 0 aliphatic carbocycles. The second-order valence-corrected chi connectivity index (χ2v) is 9.93. The van der Waals surface area contributed by atoms with Crippen molar-refractivity contribution in [3.8, 4) is 6.07 Å². The van der Waals surface area contributed by atoms with Crippen LogP contribution in [0.25, 0.3) is 4.85 Å². The molecule has 0 aromatic heterocycles. The first-order valence-electron chi connectivity index (χ1n) is 11.9. The van der Waals surface area contributed by atoms with Gasteiger partial charge >= 0.3 is 5.70 Å². The van der Waals surface area contributed by atoms with Crippen LogP contribution < -0.4 is 0 Å². The Bertz CT molecular complexity index is 613. The van der Waals surface area contributed by atoms with Crippen LogP contribution in [0.4, 0.5) is 0 Å². The summed E-state index contributed by atoms with van der Waals surface area (Å²) < 4.78 is 0. The van der Waals surface area contributed by atoms with E-state index in [-0.39, 0.29) is 5.70 Å². The van der Waals surface area contributed by atoms with Crippen molar-refractivity contribution in [2.45, 2.75) is 65.5 Å². The van der Waals surface area contributed by atoms with Crippen molar-refractivity contribution in [2.24, 2.45) is 11.8 Å². The molecule has 0 bridgehead atoms. The Morgan fingerprint density at radius 3 is 1.57 bits per heavy atom. The highest BCUT2D eigenvalue weighted by Crippen LogP contribution is 2.30. The van der Waals surface area contributed by atoms with Gasteiger partial charge in [0.25, 0.3) is 0 Å². The zero-order chi connectivity index (χ0) is 21.7. The first-order valence-corrected chi connectivity index (χ1v) is 11.9. The van der Waals surface area contributed by atoms with Gasteiger partial charge in [-0.25, -0.2) is 10.1 Å². The van der Waals surface area contributed by atoms with Crippen LogP contribution >= 0.6 is 0 Å². The Morgan fingerprint density at radius 2 is 1.27 bits per heavy atom. The first-order chi connectivity index (χ1) is 14.4. The van der Waals surface area contributed by atoms with Crippen molar-refractivity contribution < 1.29 is 0 Å². The van der Waals surface area contributed by atoms with Crippen LogP contribution in [0.5, 0.6) is 0 Å². The number of piperidine rings is 2. The van der Waals surface area contributed by atoms with E-state index in [1.807, 2.05) is 0 Å². The summed E-state index contributed by atoms with van der Waals surface area (Å²) in [6.45, 7) is 25.2. The first kappa shape index (κ1) is 22.9. The molecule has 166 valence electrons. The molecule has 6 nitrogen and oxygen atoms in total. The fourth-order valence-electron chi connectivity index (χ4n) is 5.36. The van der Waals surface area contributed by atoms with Crippen molar-refractivity contribution in [2.75, 3.05) is 52.4 Å². The van der Waals surface area contributed by atoms with Crippen molar-refractivity contribution in [3.05, 3.63) is 22.9 Å². The third-order valence-corrected chi connectivity index (χ3v) is 7.38. The van der Waals surface area contributed by atoms with Crippen LogP contribution in [-0.2, 0) is 0 Å². The van der Waals surface area contributed by atoms with Crippen molar-refractivity contribution in [1.82, 2.24) is 19.6 Å². The number of rotatable bonds is 6. The molecule has 3 rings (SSSR count). The van der Waals surface area contributed by atoms with E-state index in [0.29, 0.717) is 23.9 Å². The minimum Gasteiger partial charge on any atom is -0.364 e. The highest BCUT2D eigenvalue weighted by molar-refractivity contribution is 5.33. The fourth-order valence-corrected chi connectivity index (χ4v) is 5.36. The average Bonchev–Trinajstić information content (AvgIpc) is 3.12. The van der Waals surface area contributed by atoms with E-state index >= 15 is 0 Å². The number of hydrogen-bond donors (Lipinski definition) is 0. The lowest BCUT2D eigenvalue weighted by atomic mass is 9.95. The minimum atomic E-state index is 0.284. The van der Waals surface area contributed by atoms with Crippen LogP contribution in [0, 0.1) is 29.7 Å². The molecule has 0 N–H and O–H groups in total. The summed E-state index contributed by atoms with van der Waals surface area (Å²) in [4.78, 5) is 13.5. The van der Waals surface area contributed by atoms with Crippen LogP contribution in [0.2, 0.25) is 0 Å². The van der Waals surface area contributed by atoms with Crippen LogP contribution in [0.15, 0.2) is 11.5 Å². The molecule has 0 atom stereocenters. The van der Waals surface area contributed by atoms with Gasteiger partial charge in [-0.3, -0.25) is 0 Å². The van der Waals surface area contributed by atoms with Crippen molar-refractivity contribution >= 4 is 0 Å². The molecule has 3 aliphatic rings. The van der Waals surface area contributed by atoms with Crippen molar-refractivity contribution in [3.63, 3.8) is 0 Å². The summed E-state index contributed by atoms with van der Waals surface area (Å²) >= 11 is 0. The molecule has 0 radical (unpaired) electrons. The molecule has 0 saturated carbocycles. The second kappa shape index (κ2) is 10.5. The molecule has 3 aliphatic heterocycles. The number of allylic oxidation sites excluding steroid dienone is 1. The van der Waals surface area contributed by atoms with Gasteiger partial charge < -0.3 is 19.6 Å². The van der Waals surface area contributed by atoms with Gasteiger partial charge in [-0.15, -0.1) is 0 Å². The van der Waals surface area contributed by atoms with Crippen LogP contribution in [0.3, 0.4) is 0 Å². The van der Waals surface area contributed by atoms with Gasteiger partial charge in [0, 0.05) is 38.3 Å². The smallest absolute Gasteiger partial charge is 0.300 e. The molecule has 0 aromatic carbocycles. The Morgan fingerprint density at radius 1 is 0.867 bits per heavy atom. The normalized spacial score (nSPS) is 22.7. The molecular weight excluding hydrogens is 372 g/mol. The van der Waals surface area contributed by atoms with Crippen molar-refractivity contribution in [1.29, 1.82) is 5.26 Å². The predicted molar refractivity (Wildman–Crippen MR) is 121 cm³/mol. The molecular formula is C24H40N6. The lowest BCUT2D eigenvalue weighted by Gasteiger charge is -2.38. The number of nitriles is 1. The van der Waals surface area contributed by atoms with E-state index < -0.39 is 0 Å². The molecule has 30 heavy (non-hydrogen) atoms. The fraction of sp³-hybridized carbons (Fsp3) is 0.833. The number of nitrogens with zero attached hydrogens (tertiary/aromatic N) is 6. The topological polar surface area (TPSA) is 41.1 Å². The quantitative estimate of drug-likeness (QED) is 0.494. The van der Waals surface area contributed by atoms with Gasteiger partial charge in [0.2, 0.25) is 0 Å². The third-order valence-electron chi connectivity index (χ3n) is 7.38. The van der Waals surface area contributed by atoms with Gasteiger partial charge in [-0.1, -0.05) is 0 Å². The monoisotopic (exact) mass is 412 g/mol. The Labute approximate surface area is 183 Å². The lowest BCUT2D eigenvalue weighted by molar-refractivity contribution is 0.125. The maximum Gasteiger partial charge on any atom is 0.300 e. The van der Waals surface area contributed by atoms with Gasteiger partial charge in [-0.2, -0.15) is 0 Å². The molecule has 0 spiro atoms. The van der Waals surface area contributed by atoms with E-state index in [2.05, 4.69) is 58.2 Å². The Balaban J connectivity index is 1.62. The maximum absolute atomic E-state index is 9.64. The summed E-state index contributed by atoms with van der Waals surface area (Å²) in [6.07, 6.45) is 4.87. The summed E-state index contributed by atoms with van der Waals surface area (Å²) in [5.74, 6) is 2.25. The molecule has 0 unspecified atom stereocenters. The van der Waals surface area contributed by atoms with Gasteiger partial charge in [0.05, 0.1) is 12.6 Å². The standard InChI is InChI=1S/C24H40N6/c1-19(2)27-10-6-21(7-11-27)17-29-14-15-30(24(29)23(16-25)26-5)18-22-8-12-28(13-9-22)20(3)4/h19-22H,6-15,17-18H2,1-4H3. The summed E-state index contributed by atoms with van der Waals surface area (Å²) in [7, 11) is 0. The Kier molecular flexibility index (Phi) is 8.03. The highest BCUT2D eigenvalue weighted by Gasteiger charge is 2.33. The SMILES string of the molecule is [C-]#[N+]C(C#N)=C1N(CC2CCN(C(C)C)CC2)CCN1CC1CCN(C(C)C)CC1. The van der Waals surface area contributed by atoms with Gasteiger partial charge in [0.1, 0.15) is 5.82 Å². The summed E-state index contributed by atoms with van der Waals surface area (Å²) in [5, 5.41) is 9.64. The zero-order valence-electron chi connectivity index (χ0n) is 19.5. The van der Waals surface area contributed by atoms with Gasteiger partial charge in [-0.05, 0) is 91.4 Å². The number of hydrogen-bond acceptors (Lipinski definition) is 5. The highest BCUT2D eigenvalue weighted by atomic mass is 15.4. The van der Waals surface area contributed by atoms with Crippen LogP contribution in [-0.4, -0.2) is 84.0 Å². The van der Waals surface area contributed by atoms with E-state index in [1.54, 1.807) is 0 Å². The van der Waals surface area contributed by atoms with Gasteiger partial charge in [0.15, 0.2) is 0 Å². The number of likely N-dealkylation sites (tertiary alicyclic amines) is 2. The molecule has 6 heteroatoms. The zero-order valence-corrected chi connectivity index (χ0v) is 19.5. The third kappa shape index (κ3) is 5.48. The Hall–Kier alpha value is -1.76. The minimum absolute atomic E-state index is 0.284. The van der Waals surface area contributed by atoms with Crippen LogP contribution in [0.1, 0.15) is 53.4 Å². The van der Waals surface area contributed by atoms with E-state index in [0.717, 1.165) is 32.0 Å². The lowest BCUT2D eigenvalue weighted by Crippen LogP contribution is -2.42. The molecule has 3 fully saturated rings. The summed E-state index contributed by atoms with van der Waals surface area (Å²) in [5.41, 5.74) is 0.284. The maximum atomic E-state index is 9.64. The molecule has 3 saturated heterocycles. The average molecular weight is 413 g/mol. The predicted octanol–water partition coefficient (Wildman–Crippen LogP) is 3.46. The van der Waals surface area contributed by atoms with E-state index in [9.17, 15) is 5.26 Å². The molecule has 0 aromatic rings. The largest absolute Gasteiger partial charge is 0.364 e. The van der Waals surface area contributed by atoms with E-state index in [1.165, 1.54) is 51.9 Å². The van der Waals surface area contributed by atoms with E-state index in [4.69, 9.17) is 6.57 Å². The molecule has 3 heterocycles. The molecule has 0 amide bonds. The second-order valence-electron chi connectivity index (χ2n) is 9.93. The summed E-state index contributed by atoms with van der Waals surface area (Å²) in [6, 6.07) is 3.44.